The van der Waals surface area contributed by atoms with Gasteiger partial charge in [-0.25, -0.2) is 4.79 Å². The molecular formula is C19H15N3O5S. The first-order chi connectivity index (χ1) is 13.4. The van der Waals surface area contributed by atoms with Gasteiger partial charge in [-0.3, -0.25) is 19.3 Å². The first kappa shape index (κ1) is 19.2. The van der Waals surface area contributed by atoms with E-state index in [1.165, 1.54) is 31.4 Å². The Morgan fingerprint density at radius 2 is 1.57 bits per heavy atom. The van der Waals surface area contributed by atoms with Crippen molar-refractivity contribution in [3.63, 3.8) is 0 Å². The fraction of sp³-hybridized carbons (Fsp3) is 0.105. The molecule has 0 spiro atoms. The van der Waals surface area contributed by atoms with Crippen LogP contribution in [0, 0.1) is 0 Å². The number of esters is 1. The summed E-state index contributed by atoms with van der Waals surface area (Å²) in [5.41, 5.74) is 1.45. The van der Waals surface area contributed by atoms with E-state index in [-0.39, 0.29) is 16.2 Å². The van der Waals surface area contributed by atoms with Gasteiger partial charge in [0.25, 0.3) is 11.8 Å². The maximum atomic E-state index is 12.3. The van der Waals surface area contributed by atoms with Gasteiger partial charge in [-0.15, -0.1) is 0 Å². The van der Waals surface area contributed by atoms with Crippen LogP contribution in [0.5, 0.6) is 0 Å². The number of amides is 3. The SMILES string of the molecule is COC(=O)c1ccc(NC(=S)NC(=O)CN2C(=O)c3ccccc3C2=O)cc1. The largest absolute Gasteiger partial charge is 0.465 e. The van der Waals surface area contributed by atoms with Crippen LogP contribution in [0.2, 0.25) is 0 Å². The molecule has 3 amide bonds. The molecule has 1 heterocycles. The van der Waals surface area contributed by atoms with Crippen molar-refractivity contribution in [2.45, 2.75) is 0 Å². The number of carbonyl (C=O) groups excluding carboxylic acids is 4. The van der Waals surface area contributed by atoms with Crippen molar-refractivity contribution in [3.8, 4) is 0 Å². The number of thiocarbonyl (C=S) groups is 1. The Balaban J connectivity index is 1.57. The minimum atomic E-state index is -0.613. The summed E-state index contributed by atoms with van der Waals surface area (Å²) in [6, 6.07) is 12.6. The van der Waals surface area contributed by atoms with Crippen LogP contribution < -0.4 is 10.6 Å². The number of rotatable bonds is 4. The maximum absolute atomic E-state index is 12.3. The van der Waals surface area contributed by atoms with Crippen molar-refractivity contribution in [1.82, 2.24) is 10.2 Å². The molecule has 0 bridgehead atoms. The third-order valence-electron chi connectivity index (χ3n) is 4.00. The molecule has 142 valence electrons. The van der Waals surface area contributed by atoms with Crippen LogP contribution in [0.1, 0.15) is 31.1 Å². The van der Waals surface area contributed by atoms with Gasteiger partial charge in [0.05, 0.1) is 23.8 Å². The third kappa shape index (κ3) is 3.89. The molecule has 0 unspecified atom stereocenters. The van der Waals surface area contributed by atoms with E-state index in [1.54, 1.807) is 24.3 Å². The molecule has 0 atom stereocenters. The molecule has 1 aliphatic heterocycles. The number of ether oxygens (including phenoxy) is 1. The zero-order chi connectivity index (χ0) is 20.3. The fourth-order valence-electron chi connectivity index (χ4n) is 2.66. The Morgan fingerprint density at radius 1 is 1.00 bits per heavy atom. The molecule has 1 aliphatic rings. The number of nitrogens with zero attached hydrogens (tertiary/aromatic N) is 1. The number of fused-ring (bicyclic) bond motifs is 1. The number of hydrogen-bond acceptors (Lipinski definition) is 6. The monoisotopic (exact) mass is 397 g/mol. The van der Waals surface area contributed by atoms with Crippen molar-refractivity contribution >= 4 is 46.7 Å². The molecule has 2 N–H and O–H groups in total. The average Bonchev–Trinajstić information content (AvgIpc) is 2.93. The molecule has 0 radical (unpaired) electrons. The number of carbonyl (C=O) groups is 4. The Bertz CT molecular complexity index is 952. The summed E-state index contributed by atoms with van der Waals surface area (Å²) in [6.07, 6.45) is 0. The molecule has 2 aromatic carbocycles. The van der Waals surface area contributed by atoms with Crippen molar-refractivity contribution in [2.24, 2.45) is 0 Å². The lowest BCUT2D eigenvalue weighted by atomic mass is 10.1. The van der Waals surface area contributed by atoms with Gasteiger partial charge in [0.1, 0.15) is 6.54 Å². The molecule has 0 aromatic heterocycles. The van der Waals surface area contributed by atoms with Gasteiger partial charge in [-0.1, -0.05) is 12.1 Å². The quantitative estimate of drug-likeness (QED) is 0.458. The highest BCUT2D eigenvalue weighted by molar-refractivity contribution is 7.80. The van der Waals surface area contributed by atoms with Crippen molar-refractivity contribution in [3.05, 3.63) is 65.2 Å². The molecule has 0 fully saturated rings. The van der Waals surface area contributed by atoms with Crippen LogP contribution >= 0.6 is 12.2 Å². The summed E-state index contributed by atoms with van der Waals surface area (Å²) in [5.74, 6) is -2.12. The van der Waals surface area contributed by atoms with Gasteiger partial charge in [-0.05, 0) is 48.6 Å². The molecule has 0 saturated carbocycles. The molecule has 2 aromatic rings. The number of benzene rings is 2. The summed E-state index contributed by atoms with van der Waals surface area (Å²) >= 11 is 5.07. The van der Waals surface area contributed by atoms with E-state index in [1.807, 2.05) is 0 Å². The smallest absolute Gasteiger partial charge is 0.337 e. The minimum absolute atomic E-state index is 0.00701. The predicted octanol–water partition coefficient (Wildman–Crippen LogP) is 1.58. The summed E-state index contributed by atoms with van der Waals surface area (Å²) in [4.78, 5) is 49.0. The van der Waals surface area contributed by atoms with Crippen molar-refractivity contribution in [2.75, 3.05) is 19.0 Å². The van der Waals surface area contributed by atoms with Crippen molar-refractivity contribution < 1.29 is 23.9 Å². The lowest BCUT2D eigenvalue weighted by Gasteiger charge is -2.14. The number of anilines is 1. The molecule has 0 saturated heterocycles. The van der Waals surface area contributed by atoms with Crippen LogP contribution in [0.15, 0.2) is 48.5 Å². The third-order valence-corrected chi connectivity index (χ3v) is 4.20. The summed E-state index contributed by atoms with van der Waals surface area (Å²) < 4.78 is 4.61. The van der Waals surface area contributed by atoms with E-state index < -0.39 is 30.2 Å². The normalized spacial score (nSPS) is 12.4. The van der Waals surface area contributed by atoms with Crippen LogP contribution in [-0.4, -0.2) is 47.4 Å². The maximum Gasteiger partial charge on any atom is 0.337 e. The lowest BCUT2D eigenvalue weighted by molar-refractivity contribution is -0.120. The first-order valence-electron chi connectivity index (χ1n) is 8.15. The van der Waals surface area contributed by atoms with Gasteiger partial charge in [-0.2, -0.15) is 0 Å². The van der Waals surface area contributed by atoms with Gasteiger partial charge >= 0.3 is 5.97 Å². The fourth-order valence-corrected chi connectivity index (χ4v) is 2.89. The van der Waals surface area contributed by atoms with Gasteiger partial charge in [0, 0.05) is 5.69 Å². The van der Waals surface area contributed by atoms with Gasteiger partial charge in [0.15, 0.2) is 5.11 Å². The molecule has 9 heteroatoms. The van der Waals surface area contributed by atoms with Crippen LogP contribution in [-0.2, 0) is 9.53 Å². The van der Waals surface area contributed by atoms with E-state index >= 15 is 0 Å². The van der Waals surface area contributed by atoms with E-state index in [4.69, 9.17) is 12.2 Å². The Kier molecular flexibility index (Phi) is 5.46. The van der Waals surface area contributed by atoms with Crippen LogP contribution in [0.3, 0.4) is 0 Å². The Hall–Kier alpha value is -3.59. The molecule has 0 aliphatic carbocycles. The van der Waals surface area contributed by atoms with Gasteiger partial charge < -0.3 is 15.4 Å². The highest BCUT2D eigenvalue weighted by Gasteiger charge is 2.36. The van der Waals surface area contributed by atoms with E-state index in [9.17, 15) is 19.2 Å². The number of methoxy groups -OCH3 is 1. The second kappa shape index (κ2) is 7.97. The van der Waals surface area contributed by atoms with Crippen LogP contribution in [0.4, 0.5) is 5.69 Å². The lowest BCUT2D eigenvalue weighted by Crippen LogP contribution is -2.43. The summed E-state index contributed by atoms with van der Waals surface area (Å²) in [5, 5.41) is 5.19. The first-order valence-corrected chi connectivity index (χ1v) is 8.56. The Labute approximate surface area is 165 Å². The topological polar surface area (TPSA) is 105 Å². The van der Waals surface area contributed by atoms with E-state index in [2.05, 4.69) is 15.4 Å². The van der Waals surface area contributed by atoms with Gasteiger partial charge in [0.2, 0.25) is 5.91 Å². The second-order valence-electron chi connectivity index (χ2n) is 5.81. The number of nitrogens with one attached hydrogen (secondary N) is 2. The zero-order valence-electron chi connectivity index (χ0n) is 14.7. The van der Waals surface area contributed by atoms with E-state index in [0.29, 0.717) is 11.3 Å². The van der Waals surface area contributed by atoms with Crippen LogP contribution in [0.25, 0.3) is 0 Å². The molecular weight excluding hydrogens is 382 g/mol. The highest BCUT2D eigenvalue weighted by Crippen LogP contribution is 2.21. The summed E-state index contributed by atoms with van der Waals surface area (Å²) in [7, 11) is 1.29. The average molecular weight is 397 g/mol. The standard InChI is InChI=1S/C19H15N3O5S/c1-27-18(26)11-6-8-12(9-7-11)20-19(28)21-15(23)10-22-16(24)13-4-2-3-5-14(13)17(22)25/h2-9H,10H2,1H3,(H2,20,21,23,28). The molecule has 28 heavy (non-hydrogen) atoms. The van der Waals surface area contributed by atoms with E-state index in [0.717, 1.165) is 4.90 Å². The highest BCUT2D eigenvalue weighted by atomic mass is 32.1. The number of imide groups is 1. The molecule has 3 rings (SSSR count). The second-order valence-corrected chi connectivity index (χ2v) is 6.22. The minimum Gasteiger partial charge on any atom is -0.465 e. The summed E-state index contributed by atoms with van der Waals surface area (Å²) in [6.45, 7) is -0.449. The number of hydrogen-bond donors (Lipinski definition) is 2. The van der Waals surface area contributed by atoms with Crippen molar-refractivity contribution in [1.29, 1.82) is 0 Å². The molecule has 8 nitrogen and oxygen atoms in total. The Morgan fingerprint density at radius 3 is 2.11 bits per heavy atom. The predicted molar refractivity (Wildman–Crippen MR) is 104 cm³/mol. The zero-order valence-corrected chi connectivity index (χ0v) is 15.5.